The monoisotopic (exact) mass is 311 g/mol. The smallest absolute Gasteiger partial charge is 0.289 e. The summed E-state index contributed by atoms with van der Waals surface area (Å²) in [6.45, 7) is 0. The minimum atomic E-state index is -0.523. The van der Waals surface area contributed by atoms with E-state index in [2.05, 4.69) is 21.2 Å². The van der Waals surface area contributed by atoms with Crippen LogP contribution in [0.4, 0.5) is 4.79 Å². The summed E-state index contributed by atoms with van der Waals surface area (Å²) in [6.07, 6.45) is 1.17. The summed E-state index contributed by atoms with van der Waals surface area (Å²) in [4.78, 5) is 34.0. The highest BCUT2D eigenvalue weighted by molar-refractivity contribution is 9.10. The summed E-state index contributed by atoms with van der Waals surface area (Å²) < 4.78 is 0.866. The van der Waals surface area contributed by atoms with E-state index in [1.54, 1.807) is 24.3 Å². The number of halogens is 1. The van der Waals surface area contributed by atoms with Crippen LogP contribution in [0.2, 0.25) is 0 Å². The largest absolute Gasteiger partial charge is 0.290 e. The Bertz CT molecular complexity index is 536. The van der Waals surface area contributed by atoms with Gasteiger partial charge in [-0.05, 0) is 36.0 Å². The molecule has 1 aromatic rings. The van der Waals surface area contributed by atoms with E-state index in [0.29, 0.717) is 5.56 Å². The third-order valence-corrected chi connectivity index (χ3v) is 3.37. The molecule has 0 aromatic heterocycles. The van der Waals surface area contributed by atoms with Gasteiger partial charge in [0.25, 0.3) is 11.1 Å². The average molecular weight is 312 g/mol. The van der Waals surface area contributed by atoms with Gasteiger partial charge < -0.3 is 0 Å². The first kappa shape index (κ1) is 12.1. The number of imide groups is 1. The van der Waals surface area contributed by atoms with Crippen LogP contribution >= 0.6 is 27.7 Å². The van der Waals surface area contributed by atoms with Gasteiger partial charge in [0, 0.05) is 16.1 Å². The molecule has 1 saturated heterocycles. The summed E-state index contributed by atoms with van der Waals surface area (Å²) in [5.74, 6) is -0.824. The molecule has 17 heavy (non-hydrogen) atoms. The quantitative estimate of drug-likeness (QED) is 0.673. The van der Waals surface area contributed by atoms with Crippen LogP contribution in [0.15, 0.2) is 39.7 Å². The fraction of sp³-hybridized carbons (Fsp3) is 0. The zero-order valence-electron chi connectivity index (χ0n) is 8.40. The Hall–Kier alpha value is -1.40. The van der Waals surface area contributed by atoms with E-state index in [0.717, 1.165) is 16.2 Å². The summed E-state index contributed by atoms with van der Waals surface area (Å²) in [6, 6.07) is 6.75. The average Bonchev–Trinajstić information content (AvgIpc) is 2.58. The lowest BCUT2D eigenvalue weighted by Gasteiger charge is -1.96. The lowest BCUT2D eigenvalue weighted by atomic mass is 10.1. The molecule has 1 aliphatic rings. The minimum absolute atomic E-state index is 0.128. The molecule has 1 aromatic carbocycles. The van der Waals surface area contributed by atoms with Gasteiger partial charge in [-0.25, -0.2) is 0 Å². The van der Waals surface area contributed by atoms with E-state index in [1.807, 2.05) is 0 Å². The zero-order valence-corrected chi connectivity index (χ0v) is 10.8. The Morgan fingerprint density at radius 2 is 1.88 bits per heavy atom. The van der Waals surface area contributed by atoms with E-state index in [1.165, 1.54) is 6.08 Å². The molecule has 0 unspecified atom stereocenters. The first-order valence-corrected chi connectivity index (χ1v) is 6.22. The fourth-order valence-corrected chi connectivity index (χ4v) is 2.16. The number of carbonyl (C=O) groups excluding carboxylic acids is 3. The zero-order chi connectivity index (χ0) is 12.4. The molecule has 0 radical (unpaired) electrons. The van der Waals surface area contributed by atoms with Gasteiger partial charge >= 0.3 is 0 Å². The predicted octanol–water partition coefficient (Wildman–Crippen LogP) is 2.50. The predicted molar refractivity (Wildman–Crippen MR) is 67.7 cm³/mol. The van der Waals surface area contributed by atoms with Crippen LogP contribution < -0.4 is 5.32 Å². The standard InChI is InChI=1S/C11H6BrNO3S/c12-7-3-1-6(2-4-7)8(14)5-9-10(15)13-11(16)17-9/h1-5H,(H,13,15,16). The molecular weight excluding hydrogens is 306 g/mol. The third-order valence-electron chi connectivity index (χ3n) is 2.03. The SMILES string of the molecule is O=C1NC(=O)C(=CC(=O)c2ccc(Br)cc2)S1. The molecule has 1 N–H and O–H groups in total. The molecule has 0 saturated carbocycles. The maximum atomic E-state index is 11.8. The molecule has 1 fully saturated rings. The number of hydrogen-bond donors (Lipinski definition) is 1. The van der Waals surface area contributed by atoms with Crippen molar-refractivity contribution < 1.29 is 14.4 Å². The summed E-state index contributed by atoms with van der Waals surface area (Å²) in [5.41, 5.74) is 0.466. The van der Waals surface area contributed by atoms with Crippen LogP contribution in [-0.4, -0.2) is 16.9 Å². The highest BCUT2D eigenvalue weighted by Crippen LogP contribution is 2.23. The molecule has 2 amide bonds. The van der Waals surface area contributed by atoms with E-state index < -0.39 is 11.1 Å². The lowest BCUT2D eigenvalue weighted by molar-refractivity contribution is -0.115. The van der Waals surface area contributed by atoms with Gasteiger partial charge in [0.05, 0.1) is 4.91 Å². The molecule has 0 bridgehead atoms. The first-order chi connectivity index (χ1) is 8.06. The van der Waals surface area contributed by atoms with Crippen molar-refractivity contribution >= 4 is 44.6 Å². The van der Waals surface area contributed by atoms with Crippen molar-refractivity contribution in [3.63, 3.8) is 0 Å². The van der Waals surface area contributed by atoms with Gasteiger partial charge in [-0.2, -0.15) is 0 Å². The number of carbonyl (C=O) groups is 3. The molecular formula is C11H6BrNO3S. The number of ketones is 1. The van der Waals surface area contributed by atoms with Crippen molar-refractivity contribution in [1.82, 2.24) is 5.32 Å². The molecule has 1 heterocycles. The topological polar surface area (TPSA) is 63.2 Å². The van der Waals surface area contributed by atoms with Crippen molar-refractivity contribution in [2.75, 3.05) is 0 Å². The minimum Gasteiger partial charge on any atom is -0.289 e. The number of nitrogens with one attached hydrogen (secondary N) is 1. The molecule has 6 heteroatoms. The number of amides is 2. The van der Waals surface area contributed by atoms with Crippen LogP contribution in [0, 0.1) is 0 Å². The van der Waals surface area contributed by atoms with E-state index in [4.69, 9.17) is 0 Å². The summed E-state index contributed by atoms with van der Waals surface area (Å²) >= 11 is 3.99. The fourth-order valence-electron chi connectivity index (χ4n) is 1.24. The lowest BCUT2D eigenvalue weighted by Crippen LogP contribution is -2.18. The van der Waals surface area contributed by atoms with Crippen LogP contribution in [0.3, 0.4) is 0 Å². The second kappa shape index (κ2) is 4.85. The Labute approximate surface area is 110 Å². The van der Waals surface area contributed by atoms with Crippen LogP contribution in [-0.2, 0) is 4.79 Å². The van der Waals surface area contributed by atoms with E-state index in [-0.39, 0.29) is 10.7 Å². The maximum absolute atomic E-state index is 11.8. The van der Waals surface area contributed by atoms with Gasteiger partial charge in [0.2, 0.25) is 0 Å². The number of allylic oxidation sites excluding steroid dienone is 1. The van der Waals surface area contributed by atoms with Crippen molar-refractivity contribution in [3.05, 3.63) is 45.3 Å². The summed E-state index contributed by atoms with van der Waals surface area (Å²) in [5, 5.41) is 1.64. The summed E-state index contributed by atoms with van der Waals surface area (Å²) in [7, 11) is 0. The van der Waals surface area contributed by atoms with Gasteiger partial charge in [-0.15, -0.1) is 0 Å². The van der Waals surface area contributed by atoms with Gasteiger partial charge in [-0.1, -0.05) is 15.9 Å². The van der Waals surface area contributed by atoms with Crippen molar-refractivity contribution in [3.8, 4) is 0 Å². The highest BCUT2D eigenvalue weighted by Gasteiger charge is 2.25. The van der Waals surface area contributed by atoms with Crippen molar-refractivity contribution in [1.29, 1.82) is 0 Å². The number of rotatable bonds is 2. The third kappa shape index (κ3) is 2.83. The molecule has 0 aliphatic carbocycles. The van der Waals surface area contributed by atoms with Crippen molar-refractivity contribution in [2.24, 2.45) is 0 Å². The number of hydrogen-bond acceptors (Lipinski definition) is 4. The molecule has 1 aliphatic heterocycles. The molecule has 86 valence electrons. The Morgan fingerprint density at radius 3 is 2.41 bits per heavy atom. The Kier molecular flexibility index (Phi) is 3.44. The van der Waals surface area contributed by atoms with Crippen LogP contribution in [0.1, 0.15) is 10.4 Å². The van der Waals surface area contributed by atoms with Gasteiger partial charge in [0.1, 0.15) is 0 Å². The normalized spacial score (nSPS) is 17.4. The second-order valence-corrected chi connectivity index (χ2v) is 5.15. The Morgan fingerprint density at radius 1 is 1.24 bits per heavy atom. The number of thioether (sulfide) groups is 1. The Balaban J connectivity index is 2.22. The van der Waals surface area contributed by atoms with Crippen LogP contribution in [0.25, 0.3) is 0 Å². The maximum Gasteiger partial charge on any atom is 0.290 e. The highest BCUT2D eigenvalue weighted by atomic mass is 79.9. The van der Waals surface area contributed by atoms with Gasteiger partial charge in [-0.3, -0.25) is 19.7 Å². The van der Waals surface area contributed by atoms with Crippen LogP contribution in [0.5, 0.6) is 0 Å². The molecule has 0 spiro atoms. The molecule has 0 atom stereocenters. The number of benzene rings is 1. The molecule has 2 rings (SSSR count). The molecule has 4 nitrogen and oxygen atoms in total. The first-order valence-electron chi connectivity index (χ1n) is 4.61. The second-order valence-electron chi connectivity index (χ2n) is 3.22. The van der Waals surface area contributed by atoms with E-state index >= 15 is 0 Å². The van der Waals surface area contributed by atoms with E-state index in [9.17, 15) is 14.4 Å². The van der Waals surface area contributed by atoms with Crippen molar-refractivity contribution in [2.45, 2.75) is 0 Å². The van der Waals surface area contributed by atoms with Gasteiger partial charge in [0.15, 0.2) is 5.78 Å².